The summed E-state index contributed by atoms with van der Waals surface area (Å²) < 4.78 is 23.9. The van der Waals surface area contributed by atoms with Crippen molar-refractivity contribution in [1.82, 2.24) is 0 Å². The van der Waals surface area contributed by atoms with Gasteiger partial charge in [-0.3, -0.25) is 4.18 Å². The van der Waals surface area contributed by atoms with Gasteiger partial charge in [0, 0.05) is 0 Å². The zero-order valence-electron chi connectivity index (χ0n) is 12.9. The highest BCUT2D eigenvalue weighted by Gasteiger charge is 2.53. The first kappa shape index (κ1) is 15.3. The van der Waals surface area contributed by atoms with E-state index >= 15 is 0 Å². The Bertz CT molecular complexity index is 795. The maximum absolute atomic E-state index is 12.3. The fraction of sp³-hybridized carbons (Fsp3) is 0.100. The van der Waals surface area contributed by atoms with E-state index in [4.69, 9.17) is 8.37 Å². The monoisotopic (exact) mass is 336 g/mol. The summed E-state index contributed by atoms with van der Waals surface area (Å²) >= 11 is -1.82. The summed E-state index contributed by atoms with van der Waals surface area (Å²) in [5.41, 5.74) is 1.80. The van der Waals surface area contributed by atoms with Gasteiger partial charge in [0.2, 0.25) is 0 Å². The minimum absolute atomic E-state index is 0.496. The second-order valence-electron chi connectivity index (χ2n) is 5.64. The molecule has 0 radical (unpaired) electrons. The van der Waals surface area contributed by atoms with Crippen molar-refractivity contribution >= 4 is 11.4 Å². The molecule has 120 valence electrons. The van der Waals surface area contributed by atoms with Crippen molar-refractivity contribution in [2.45, 2.75) is 11.7 Å². The number of hydrogen-bond acceptors (Lipinski definition) is 3. The Kier molecular flexibility index (Phi) is 4.02. The molecule has 3 nitrogen and oxygen atoms in total. The third kappa shape index (κ3) is 2.49. The van der Waals surface area contributed by atoms with Gasteiger partial charge in [-0.25, -0.2) is 4.18 Å². The summed E-state index contributed by atoms with van der Waals surface area (Å²) in [6.45, 7) is 0. The minimum Gasteiger partial charge on any atom is -0.256 e. The Labute approximate surface area is 143 Å². The maximum atomic E-state index is 12.3. The molecular formula is C20H16O3S. The van der Waals surface area contributed by atoms with Crippen molar-refractivity contribution in [1.29, 1.82) is 0 Å². The Morgan fingerprint density at radius 1 is 0.708 bits per heavy atom. The lowest BCUT2D eigenvalue weighted by Gasteiger charge is -2.32. The smallest absolute Gasteiger partial charge is 0.256 e. The highest BCUT2D eigenvalue weighted by molar-refractivity contribution is 7.75. The van der Waals surface area contributed by atoms with E-state index in [0.29, 0.717) is 0 Å². The third-order valence-electron chi connectivity index (χ3n) is 4.25. The molecule has 1 aliphatic rings. The number of benzene rings is 3. The molecule has 0 bridgehead atoms. The molecule has 1 heterocycles. The molecule has 4 heteroatoms. The van der Waals surface area contributed by atoms with Crippen LogP contribution in [0.15, 0.2) is 91.0 Å². The molecule has 0 aromatic heterocycles. The Hall–Kier alpha value is -2.27. The predicted octanol–water partition coefficient (Wildman–Crippen LogP) is 4.30. The number of hydrogen-bond donors (Lipinski definition) is 0. The average molecular weight is 336 g/mol. The second-order valence-corrected chi connectivity index (χ2v) is 6.41. The molecule has 2 atom stereocenters. The topological polar surface area (TPSA) is 35.5 Å². The summed E-state index contributed by atoms with van der Waals surface area (Å²) in [4.78, 5) is 0. The Morgan fingerprint density at radius 2 is 1.17 bits per heavy atom. The van der Waals surface area contributed by atoms with Gasteiger partial charge in [-0.2, -0.15) is 4.21 Å². The van der Waals surface area contributed by atoms with Crippen molar-refractivity contribution in [3.8, 4) is 0 Å². The summed E-state index contributed by atoms with van der Waals surface area (Å²) in [7, 11) is 0. The van der Waals surface area contributed by atoms with Gasteiger partial charge < -0.3 is 0 Å². The van der Waals surface area contributed by atoms with Gasteiger partial charge in [-0.15, -0.1) is 0 Å². The number of rotatable bonds is 3. The lowest BCUT2D eigenvalue weighted by molar-refractivity contribution is 0.0737. The molecule has 1 unspecified atom stereocenters. The van der Waals surface area contributed by atoms with E-state index in [1.807, 2.05) is 91.0 Å². The molecule has 0 spiro atoms. The Morgan fingerprint density at radius 3 is 1.67 bits per heavy atom. The fourth-order valence-corrected chi connectivity index (χ4v) is 4.11. The summed E-state index contributed by atoms with van der Waals surface area (Å²) in [6.07, 6.45) is -0.496. The van der Waals surface area contributed by atoms with Crippen molar-refractivity contribution < 1.29 is 12.6 Å². The van der Waals surface area contributed by atoms with Crippen LogP contribution in [0, 0.1) is 0 Å². The lowest BCUT2D eigenvalue weighted by atomic mass is 9.79. The molecule has 1 saturated heterocycles. The van der Waals surface area contributed by atoms with E-state index in [1.165, 1.54) is 0 Å². The van der Waals surface area contributed by atoms with Gasteiger partial charge in [-0.1, -0.05) is 91.0 Å². The SMILES string of the molecule is O=S1O[C@@H](c2ccccc2)C(c2ccccc2)(c2ccccc2)O1. The van der Waals surface area contributed by atoms with Crippen LogP contribution < -0.4 is 0 Å². The molecule has 1 aliphatic heterocycles. The van der Waals surface area contributed by atoms with E-state index in [0.717, 1.165) is 16.7 Å². The Balaban J connectivity index is 1.97. The van der Waals surface area contributed by atoms with Crippen LogP contribution >= 0.6 is 0 Å². The van der Waals surface area contributed by atoms with Gasteiger partial charge in [0.25, 0.3) is 0 Å². The van der Waals surface area contributed by atoms with Crippen molar-refractivity contribution in [3.63, 3.8) is 0 Å². The molecule has 0 saturated carbocycles. The first-order valence-corrected chi connectivity index (χ1v) is 8.75. The molecule has 0 amide bonds. The summed E-state index contributed by atoms with van der Waals surface area (Å²) in [6, 6.07) is 29.4. The highest BCUT2D eigenvalue weighted by Crippen LogP contribution is 2.51. The molecule has 0 aliphatic carbocycles. The normalized spacial score (nSPS) is 22.3. The van der Waals surface area contributed by atoms with Gasteiger partial charge in [-0.05, 0) is 16.7 Å². The van der Waals surface area contributed by atoms with Crippen LogP contribution in [0.3, 0.4) is 0 Å². The molecule has 4 rings (SSSR count). The molecule has 0 N–H and O–H groups in total. The van der Waals surface area contributed by atoms with Crippen LogP contribution in [0.25, 0.3) is 0 Å². The predicted molar refractivity (Wildman–Crippen MR) is 93.2 cm³/mol. The van der Waals surface area contributed by atoms with Crippen molar-refractivity contribution in [2.24, 2.45) is 0 Å². The third-order valence-corrected chi connectivity index (χ3v) is 5.00. The molecule has 3 aromatic rings. The molecule has 3 aromatic carbocycles. The largest absolute Gasteiger partial charge is 0.306 e. The molecular weight excluding hydrogens is 320 g/mol. The quantitative estimate of drug-likeness (QED) is 0.715. The van der Waals surface area contributed by atoms with Crippen molar-refractivity contribution in [3.05, 3.63) is 108 Å². The van der Waals surface area contributed by atoms with E-state index in [2.05, 4.69) is 0 Å². The van der Waals surface area contributed by atoms with Crippen LogP contribution in [-0.2, 0) is 25.3 Å². The maximum Gasteiger partial charge on any atom is 0.306 e. The second kappa shape index (κ2) is 6.32. The fourth-order valence-electron chi connectivity index (χ4n) is 3.17. The van der Waals surface area contributed by atoms with E-state index in [-0.39, 0.29) is 0 Å². The first-order chi connectivity index (χ1) is 11.8. The zero-order chi connectivity index (χ0) is 16.4. The van der Waals surface area contributed by atoms with Gasteiger partial charge in [0.1, 0.15) is 6.10 Å². The summed E-state index contributed by atoms with van der Waals surface area (Å²) in [5, 5.41) is 0. The highest BCUT2D eigenvalue weighted by atomic mass is 32.2. The molecule has 1 fully saturated rings. The van der Waals surface area contributed by atoms with Crippen LogP contribution in [0.5, 0.6) is 0 Å². The van der Waals surface area contributed by atoms with E-state index in [1.54, 1.807) is 0 Å². The zero-order valence-corrected chi connectivity index (χ0v) is 13.7. The summed E-state index contributed by atoms with van der Waals surface area (Å²) in [5.74, 6) is 0. The van der Waals surface area contributed by atoms with Crippen molar-refractivity contribution in [2.75, 3.05) is 0 Å². The minimum atomic E-state index is -1.82. The lowest BCUT2D eigenvalue weighted by Crippen LogP contribution is -2.33. The molecule has 24 heavy (non-hydrogen) atoms. The van der Waals surface area contributed by atoms with Gasteiger partial charge >= 0.3 is 11.4 Å². The van der Waals surface area contributed by atoms with Crippen LogP contribution in [0.4, 0.5) is 0 Å². The average Bonchev–Trinajstić information content (AvgIpc) is 3.02. The van der Waals surface area contributed by atoms with Crippen LogP contribution in [0.1, 0.15) is 22.8 Å². The van der Waals surface area contributed by atoms with Gasteiger partial charge in [0.15, 0.2) is 5.60 Å². The van der Waals surface area contributed by atoms with Gasteiger partial charge in [0.05, 0.1) is 0 Å². The van der Waals surface area contributed by atoms with E-state index < -0.39 is 23.1 Å². The van der Waals surface area contributed by atoms with Crippen LogP contribution in [0.2, 0.25) is 0 Å². The standard InChI is InChI=1S/C20H16O3S/c21-24-22-19(16-10-4-1-5-11-16)20(23-24,17-12-6-2-7-13-17)18-14-8-3-9-15-18/h1-15,19H/t19-,24?/m0/s1. The first-order valence-electron chi connectivity index (χ1n) is 7.75. The van der Waals surface area contributed by atoms with Crippen LogP contribution in [-0.4, -0.2) is 4.21 Å². The van der Waals surface area contributed by atoms with E-state index in [9.17, 15) is 4.21 Å².